The molecule has 8 nitrogen and oxygen atoms in total. The highest BCUT2D eigenvalue weighted by atomic mass is 19.1. The van der Waals surface area contributed by atoms with Gasteiger partial charge in [0.25, 0.3) is 0 Å². The van der Waals surface area contributed by atoms with Crippen LogP contribution < -0.4 is 5.76 Å². The highest BCUT2D eigenvalue weighted by Gasteiger charge is 2.24. The lowest BCUT2D eigenvalue weighted by atomic mass is 10.1. The number of esters is 1. The van der Waals surface area contributed by atoms with E-state index in [-0.39, 0.29) is 24.7 Å². The summed E-state index contributed by atoms with van der Waals surface area (Å²) in [6.07, 6.45) is 0. The lowest BCUT2D eigenvalue weighted by Gasteiger charge is -2.02. The van der Waals surface area contributed by atoms with Gasteiger partial charge in [-0.25, -0.2) is 14.0 Å². The molecule has 0 amide bonds. The molecule has 0 fully saturated rings. The zero-order chi connectivity index (χ0) is 20.4. The van der Waals surface area contributed by atoms with Crippen molar-refractivity contribution in [3.8, 4) is 11.5 Å². The first kappa shape index (κ1) is 19.3. The van der Waals surface area contributed by atoms with Gasteiger partial charge in [-0.3, -0.25) is 4.79 Å². The topological polar surface area (TPSA) is 107 Å². The van der Waals surface area contributed by atoms with E-state index in [0.29, 0.717) is 22.4 Å². The van der Waals surface area contributed by atoms with Gasteiger partial charge in [-0.2, -0.15) is 4.68 Å². The molecule has 0 spiro atoms. The molecule has 1 N–H and O–H groups in total. The number of ether oxygens (including phenoxy) is 1. The Labute approximate surface area is 158 Å². The van der Waals surface area contributed by atoms with Gasteiger partial charge in [0, 0.05) is 16.8 Å². The molecular weight excluding hydrogens is 369 g/mol. The van der Waals surface area contributed by atoms with Crippen molar-refractivity contribution in [2.45, 2.75) is 27.3 Å². The van der Waals surface area contributed by atoms with Gasteiger partial charge in [0.05, 0.1) is 6.61 Å². The molecule has 0 unspecified atom stereocenters. The summed E-state index contributed by atoms with van der Waals surface area (Å²) >= 11 is 0. The van der Waals surface area contributed by atoms with Crippen molar-refractivity contribution < 1.29 is 23.1 Å². The number of benzene rings is 1. The van der Waals surface area contributed by atoms with Crippen LogP contribution in [0, 0.1) is 19.7 Å². The molecule has 0 aliphatic heterocycles. The Hall–Kier alpha value is -3.49. The van der Waals surface area contributed by atoms with Crippen LogP contribution in [-0.2, 0) is 11.3 Å². The average Bonchev–Trinajstić information content (AvgIpc) is 3.15. The number of hydrogen-bond donors (Lipinski definition) is 1. The fourth-order valence-corrected chi connectivity index (χ4v) is 2.91. The number of nitrogens with zero attached hydrogens (tertiary/aromatic N) is 2. The number of ketones is 1. The van der Waals surface area contributed by atoms with Gasteiger partial charge in [-0.05, 0) is 50.6 Å². The van der Waals surface area contributed by atoms with E-state index in [2.05, 4.69) is 10.1 Å². The van der Waals surface area contributed by atoms with Gasteiger partial charge in [0.15, 0.2) is 5.78 Å². The van der Waals surface area contributed by atoms with Crippen molar-refractivity contribution >= 4 is 11.8 Å². The van der Waals surface area contributed by atoms with Gasteiger partial charge >= 0.3 is 11.7 Å². The number of aromatic nitrogens is 3. The predicted octanol–water partition coefficient (Wildman–Crippen LogP) is 2.65. The maximum absolute atomic E-state index is 13.0. The van der Waals surface area contributed by atoms with E-state index in [4.69, 9.17) is 9.15 Å². The highest BCUT2D eigenvalue weighted by molar-refractivity contribution is 6.02. The summed E-state index contributed by atoms with van der Waals surface area (Å²) in [4.78, 5) is 39.6. The van der Waals surface area contributed by atoms with Crippen LogP contribution in [0.4, 0.5) is 4.39 Å². The van der Waals surface area contributed by atoms with E-state index >= 15 is 0 Å². The zero-order valence-electron chi connectivity index (χ0n) is 15.5. The molecule has 0 saturated carbocycles. The molecule has 3 rings (SSSR count). The third-order valence-corrected chi connectivity index (χ3v) is 4.19. The molecule has 9 heteroatoms. The van der Waals surface area contributed by atoms with E-state index in [9.17, 15) is 18.8 Å². The van der Waals surface area contributed by atoms with Crippen LogP contribution in [0.25, 0.3) is 11.5 Å². The van der Waals surface area contributed by atoms with E-state index in [1.54, 1.807) is 20.8 Å². The number of H-pyrrole nitrogens is 1. The molecule has 0 aliphatic carbocycles. The maximum atomic E-state index is 13.0. The summed E-state index contributed by atoms with van der Waals surface area (Å²) in [7, 11) is 0. The normalized spacial score (nSPS) is 10.9. The predicted molar refractivity (Wildman–Crippen MR) is 96.7 cm³/mol. The molecule has 2 aromatic heterocycles. The number of nitrogens with one attached hydrogen (secondary N) is 1. The van der Waals surface area contributed by atoms with Crippen LogP contribution in [0.3, 0.4) is 0 Å². The van der Waals surface area contributed by atoms with Crippen LogP contribution >= 0.6 is 0 Å². The molecule has 0 bridgehead atoms. The third-order valence-electron chi connectivity index (χ3n) is 4.19. The van der Waals surface area contributed by atoms with Gasteiger partial charge in [0.1, 0.15) is 18.1 Å². The van der Waals surface area contributed by atoms with Crippen molar-refractivity contribution in [1.29, 1.82) is 0 Å². The minimum Gasteiger partial charge on any atom is -0.461 e. The molecule has 0 aliphatic rings. The summed E-state index contributed by atoms with van der Waals surface area (Å²) in [5.41, 5.74) is 1.82. The first-order valence-corrected chi connectivity index (χ1v) is 8.55. The van der Waals surface area contributed by atoms with Crippen LogP contribution in [-0.4, -0.2) is 33.1 Å². The monoisotopic (exact) mass is 387 g/mol. The van der Waals surface area contributed by atoms with E-state index < -0.39 is 23.3 Å². The van der Waals surface area contributed by atoms with Crippen LogP contribution in [0.1, 0.15) is 39.0 Å². The van der Waals surface area contributed by atoms with E-state index in [0.717, 1.165) is 4.68 Å². The number of carbonyl (C=O) groups excluding carboxylic acids is 2. The first-order chi connectivity index (χ1) is 13.3. The van der Waals surface area contributed by atoms with Crippen molar-refractivity contribution in [3.63, 3.8) is 0 Å². The Morgan fingerprint density at radius 2 is 1.93 bits per heavy atom. The fourth-order valence-electron chi connectivity index (χ4n) is 2.91. The second kappa shape index (κ2) is 7.63. The third kappa shape index (κ3) is 3.64. The van der Waals surface area contributed by atoms with E-state index in [1.165, 1.54) is 24.3 Å². The number of aromatic amines is 1. The molecule has 28 heavy (non-hydrogen) atoms. The fraction of sp³-hybridized carbons (Fsp3) is 0.263. The second-order valence-electron chi connectivity index (χ2n) is 6.11. The van der Waals surface area contributed by atoms with Crippen LogP contribution in [0.5, 0.6) is 0 Å². The number of halogens is 1. The molecule has 0 radical (unpaired) electrons. The summed E-state index contributed by atoms with van der Waals surface area (Å²) in [5, 5.41) is 4.00. The Morgan fingerprint density at radius 3 is 2.57 bits per heavy atom. The molecule has 3 aromatic rings. The Morgan fingerprint density at radius 1 is 1.25 bits per heavy atom. The smallest absolute Gasteiger partial charge is 0.437 e. The molecule has 0 saturated heterocycles. The number of carbonyl (C=O) groups is 2. The largest absolute Gasteiger partial charge is 0.461 e. The summed E-state index contributed by atoms with van der Waals surface area (Å²) in [6, 6.07) is 5.25. The summed E-state index contributed by atoms with van der Waals surface area (Å²) < 4.78 is 23.9. The zero-order valence-corrected chi connectivity index (χ0v) is 15.5. The first-order valence-electron chi connectivity index (χ1n) is 8.55. The number of Topliss-reactive ketones (excluding diaryl/α,β-unsaturated/α-hetero) is 1. The standard InChI is InChI=1S/C19H18FN3O5/c1-4-27-18(25)16-10(2)15(11(3)21-16)14(24)9-23-19(26)28-17(22-23)12-5-7-13(20)8-6-12/h5-8,21H,4,9H2,1-3H3. The molecule has 146 valence electrons. The van der Waals surface area contributed by atoms with Crippen molar-refractivity contribution in [3.05, 3.63) is 63.1 Å². The molecular formula is C19H18FN3O5. The Kier molecular flexibility index (Phi) is 5.25. The minimum absolute atomic E-state index is 0.0208. The second-order valence-corrected chi connectivity index (χ2v) is 6.11. The van der Waals surface area contributed by atoms with Gasteiger partial charge < -0.3 is 14.1 Å². The number of aryl methyl sites for hydroxylation is 1. The average molecular weight is 387 g/mol. The summed E-state index contributed by atoms with van der Waals surface area (Å²) in [6.45, 7) is 4.80. The Balaban J connectivity index is 1.87. The molecule has 0 atom stereocenters. The lowest BCUT2D eigenvalue weighted by Crippen LogP contribution is -2.22. The SMILES string of the molecule is CCOC(=O)c1[nH]c(C)c(C(=O)Cn2nc(-c3ccc(F)cc3)oc2=O)c1C. The number of rotatable bonds is 6. The molecule has 2 heterocycles. The summed E-state index contributed by atoms with van der Waals surface area (Å²) in [5.74, 6) is -2.24. The molecule has 1 aromatic carbocycles. The van der Waals surface area contributed by atoms with Crippen LogP contribution in [0.2, 0.25) is 0 Å². The van der Waals surface area contributed by atoms with Crippen molar-refractivity contribution in [1.82, 2.24) is 14.8 Å². The van der Waals surface area contributed by atoms with Gasteiger partial charge in [0.2, 0.25) is 5.89 Å². The quantitative estimate of drug-likeness (QED) is 0.515. The lowest BCUT2D eigenvalue weighted by molar-refractivity contribution is 0.0519. The van der Waals surface area contributed by atoms with Gasteiger partial charge in [-0.1, -0.05) is 0 Å². The Bertz CT molecular complexity index is 1090. The van der Waals surface area contributed by atoms with E-state index in [1.807, 2.05) is 0 Å². The van der Waals surface area contributed by atoms with Crippen LogP contribution in [0.15, 0.2) is 33.5 Å². The highest BCUT2D eigenvalue weighted by Crippen LogP contribution is 2.20. The van der Waals surface area contributed by atoms with Gasteiger partial charge in [-0.15, -0.1) is 5.10 Å². The van der Waals surface area contributed by atoms with Crippen molar-refractivity contribution in [2.75, 3.05) is 6.61 Å². The maximum Gasteiger partial charge on any atom is 0.437 e. The number of hydrogen-bond acceptors (Lipinski definition) is 6. The minimum atomic E-state index is -0.816. The van der Waals surface area contributed by atoms with Crippen molar-refractivity contribution in [2.24, 2.45) is 0 Å².